The summed E-state index contributed by atoms with van der Waals surface area (Å²) in [6, 6.07) is 6.42. The predicted molar refractivity (Wildman–Crippen MR) is 99.8 cm³/mol. The molecule has 5 nitrogen and oxygen atoms in total. The average molecular weight is 370 g/mol. The van der Waals surface area contributed by atoms with Crippen molar-refractivity contribution in [1.82, 2.24) is 4.72 Å². The number of hydrogen-bond acceptors (Lipinski definition) is 4. The smallest absolute Gasteiger partial charge is 0.309 e. The molecule has 142 valence electrons. The van der Waals surface area contributed by atoms with Gasteiger partial charge in [-0.2, -0.15) is 0 Å². The first-order valence-electron chi connectivity index (χ1n) is 8.76. The van der Waals surface area contributed by atoms with Gasteiger partial charge in [0, 0.05) is 6.04 Å². The van der Waals surface area contributed by atoms with Crippen molar-refractivity contribution in [1.29, 1.82) is 0 Å². The summed E-state index contributed by atoms with van der Waals surface area (Å²) < 4.78 is 33.3. The van der Waals surface area contributed by atoms with Crippen LogP contribution in [0.15, 0.2) is 29.2 Å². The Balaban J connectivity index is 2.82. The topological polar surface area (TPSA) is 72.5 Å². The zero-order valence-corrected chi connectivity index (χ0v) is 16.9. The van der Waals surface area contributed by atoms with Gasteiger partial charge in [0.25, 0.3) is 0 Å². The van der Waals surface area contributed by atoms with Crippen molar-refractivity contribution in [2.75, 3.05) is 0 Å². The molecule has 0 radical (unpaired) electrons. The van der Waals surface area contributed by atoms with E-state index in [1.54, 1.807) is 31.2 Å². The Morgan fingerprint density at radius 2 is 1.76 bits per heavy atom. The van der Waals surface area contributed by atoms with Crippen LogP contribution in [0, 0.1) is 12.8 Å². The summed E-state index contributed by atoms with van der Waals surface area (Å²) in [5.41, 5.74) is 0.454. The molecule has 0 bridgehead atoms. The second kappa shape index (κ2) is 8.81. The lowest BCUT2D eigenvalue weighted by Gasteiger charge is -2.25. The number of nitrogens with one attached hydrogen (secondary N) is 1. The minimum Gasteiger partial charge on any atom is -0.460 e. The van der Waals surface area contributed by atoms with Crippen LogP contribution in [0.3, 0.4) is 0 Å². The summed E-state index contributed by atoms with van der Waals surface area (Å²) in [6.07, 6.45) is 1.90. The van der Waals surface area contributed by atoms with E-state index in [0.29, 0.717) is 12.8 Å². The van der Waals surface area contributed by atoms with Gasteiger partial charge in [0.2, 0.25) is 10.0 Å². The Kier molecular flexibility index (Phi) is 7.62. The second-order valence-electron chi connectivity index (χ2n) is 7.59. The van der Waals surface area contributed by atoms with Crippen LogP contribution in [0.4, 0.5) is 0 Å². The Bertz CT molecular complexity index is 660. The number of carbonyl (C=O) groups excluding carboxylic acids is 1. The summed E-state index contributed by atoms with van der Waals surface area (Å²) in [7, 11) is -3.61. The number of aryl methyl sites for hydroxylation is 1. The van der Waals surface area contributed by atoms with Gasteiger partial charge < -0.3 is 4.74 Å². The van der Waals surface area contributed by atoms with E-state index in [9.17, 15) is 13.2 Å². The zero-order valence-electron chi connectivity index (χ0n) is 16.1. The van der Waals surface area contributed by atoms with Crippen LogP contribution in [-0.2, 0) is 19.6 Å². The van der Waals surface area contributed by atoms with Crippen LogP contribution in [-0.4, -0.2) is 26.0 Å². The van der Waals surface area contributed by atoms with Gasteiger partial charge in [0.1, 0.15) is 5.60 Å². The highest BCUT2D eigenvalue weighted by Crippen LogP contribution is 2.19. The molecule has 0 amide bonds. The SMILES string of the molecule is CCC[C@H](C[C@@H](C)C(=O)OC(C)(C)C)NS(=O)(=O)c1ccc(C)cc1. The van der Waals surface area contributed by atoms with E-state index in [1.807, 2.05) is 34.6 Å². The van der Waals surface area contributed by atoms with Gasteiger partial charge in [-0.05, 0) is 52.7 Å². The van der Waals surface area contributed by atoms with E-state index in [1.165, 1.54) is 0 Å². The molecular formula is C19H31NO4S. The second-order valence-corrected chi connectivity index (χ2v) is 9.30. The molecular weight excluding hydrogens is 338 g/mol. The highest BCUT2D eigenvalue weighted by molar-refractivity contribution is 7.89. The van der Waals surface area contributed by atoms with Crippen molar-refractivity contribution in [3.05, 3.63) is 29.8 Å². The minimum atomic E-state index is -3.61. The number of esters is 1. The van der Waals surface area contributed by atoms with Crippen LogP contribution >= 0.6 is 0 Å². The third kappa shape index (κ3) is 7.57. The molecule has 0 saturated carbocycles. The normalized spacial score (nSPS) is 14.8. The van der Waals surface area contributed by atoms with Gasteiger partial charge in [0.05, 0.1) is 10.8 Å². The number of ether oxygens (including phenoxy) is 1. The molecule has 0 fully saturated rings. The Hall–Kier alpha value is -1.40. The maximum atomic E-state index is 12.6. The van der Waals surface area contributed by atoms with Crippen LogP contribution in [0.1, 0.15) is 59.4 Å². The van der Waals surface area contributed by atoms with E-state index in [0.717, 1.165) is 12.0 Å². The molecule has 2 atom stereocenters. The van der Waals surface area contributed by atoms with Crippen LogP contribution in [0.25, 0.3) is 0 Å². The summed E-state index contributed by atoms with van der Waals surface area (Å²) in [5, 5.41) is 0. The van der Waals surface area contributed by atoms with Gasteiger partial charge in [0.15, 0.2) is 0 Å². The van der Waals surface area contributed by atoms with E-state index in [4.69, 9.17) is 4.74 Å². The Morgan fingerprint density at radius 3 is 2.24 bits per heavy atom. The molecule has 1 N–H and O–H groups in total. The first-order valence-corrected chi connectivity index (χ1v) is 10.2. The van der Waals surface area contributed by atoms with Crippen LogP contribution in [0.5, 0.6) is 0 Å². The van der Waals surface area contributed by atoms with Gasteiger partial charge in [-0.25, -0.2) is 13.1 Å². The summed E-state index contributed by atoms with van der Waals surface area (Å²) in [5.74, 6) is -0.681. The van der Waals surface area contributed by atoms with Crippen molar-refractivity contribution in [3.8, 4) is 0 Å². The molecule has 0 aromatic heterocycles. The summed E-state index contributed by atoms with van der Waals surface area (Å²) >= 11 is 0. The fourth-order valence-electron chi connectivity index (χ4n) is 2.50. The molecule has 0 aliphatic carbocycles. The zero-order chi connectivity index (χ0) is 19.3. The fourth-order valence-corrected chi connectivity index (χ4v) is 3.79. The van der Waals surface area contributed by atoms with Gasteiger partial charge in [-0.15, -0.1) is 0 Å². The Morgan fingerprint density at radius 1 is 1.20 bits per heavy atom. The lowest BCUT2D eigenvalue weighted by atomic mass is 9.99. The molecule has 1 aromatic rings. The van der Waals surface area contributed by atoms with Crippen LogP contribution in [0.2, 0.25) is 0 Å². The fraction of sp³-hybridized carbons (Fsp3) is 0.632. The van der Waals surface area contributed by atoms with Crippen LogP contribution < -0.4 is 4.72 Å². The van der Waals surface area contributed by atoms with E-state index in [2.05, 4.69) is 4.72 Å². The quantitative estimate of drug-likeness (QED) is 0.707. The van der Waals surface area contributed by atoms with Gasteiger partial charge in [-0.3, -0.25) is 4.79 Å². The first kappa shape index (κ1) is 21.6. The van der Waals surface area contributed by atoms with E-state index in [-0.39, 0.29) is 22.8 Å². The molecule has 1 rings (SSSR count). The maximum absolute atomic E-state index is 12.6. The molecule has 1 aromatic carbocycles. The number of rotatable bonds is 8. The maximum Gasteiger partial charge on any atom is 0.309 e. The predicted octanol–water partition coefficient (Wildman–Crippen LogP) is 3.81. The van der Waals surface area contributed by atoms with Crippen molar-refractivity contribution in [2.45, 2.75) is 77.3 Å². The summed E-state index contributed by atoms with van der Waals surface area (Å²) in [6.45, 7) is 11.1. The monoisotopic (exact) mass is 369 g/mol. The van der Waals surface area contributed by atoms with Crippen molar-refractivity contribution in [3.63, 3.8) is 0 Å². The average Bonchev–Trinajstić information content (AvgIpc) is 2.45. The van der Waals surface area contributed by atoms with E-state index < -0.39 is 15.6 Å². The molecule has 0 heterocycles. The number of sulfonamides is 1. The van der Waals surface area contributed by atoms with Gasteiger partial charge in [-0.1, -0.05) is 38.0 Å². The van der Waals surface area contributed by atoms with E-state index >= 15 is 0 Å². The van der Waals surface area contributed by atoms with Crippen molar-refractivity contribution in [2.24, 2.45) is 5.92 Å². The van der Waals surface area contributed by atoms with Crippen molar-refractivity contribution < 1.29 is 17.9 Å². The number of hydrogen-bond donors (Lipinski definition) is 1. The number of benzene rings is 1. The molecule has 0 unspecified atom stereocenters. The standard InChI is InChI=1S/C19H31NO4S/c1-7-8-16(13-15(3)18(21)24-19(4,5)6)20-25(22,23)17-11-9-14(2)10-12-17/h9-12,15-16,20H,7-8,13H2,1-6H3/t15-,16-/m1/s1. The number of carbonyl (C=O) groups is 1. The largest absolute Gasteiger partial charge is 0.460 e. The molecule has 0 aliphatic heterocycles. The molecule has 0 aliphatic rings. The Labute approximate surface area is 152 Å². The molecule has 0 spiro atoms. The third-order valence-corrected chi connectivity index (χ3v) is 5.27. The lowest BCUT2D eigenvalue weighted by molar-refractivity contribution is -0.159. The molecule has 0 saturated heterocycles. The third-order valence-electron chi connectivity index (χ3n) is 3.74. The highest BCUT2D eigenvalue weighted by atomic mass is 32.2. The lowest BCUT2D eigenvalue weighted by Crippen LogP contribution is -2.38. The first-order chi connectivity index (χ1) is 11.4. The molecule has 6 heteroatoms. The van der Waals surface area contributed by atoms with Crippen molar-refractivity contribution >= 4 is 16.0 Å². The summed E-state index contributed by atoms with van der Waals surface area (Å²) in [4.78, 5) is 12.4. The van der Waals surface area contributed by atoms with Gasteiger partial charge >= 0.3 is 5.97 Å². The minimum absolute atomic E-state index is 0.240. The highest BCUT2D eigenvalue weighted by Gasteiger charge is 2.27. The molecule has 25 heavy (non-hydrogen) atoms.